The largest absolute Gasteiger partial charge is 0.465 e. The van der Waals surface area contributed by atoms with Crippen LogP contribution in [0, 0.1) is 13.8 Å². The molecule has 0 spiro atoms. The van der Waals surface area contributed by atoms with Gasteiger partial charge in [-0.1, -0.05) is 0 Å². The van der Waals surface area contributed by atoms with Gasteiger partial charge in [0, 0.05) is 43.1 Å². The van der Waals surface area contributed by atoms with Gasteiger partial charge in [-0.05, 0) is 57.5 Å². The number of aromatic amines is 1. The average Bonchev–Trinajstić information content (AvgIpc) is 3.06. The van der Waals surface area contributed by atoms with E-state index in [9.17, 15) is 14.4 Å². The van der Waals surface area contributed by atoms with Crippen LogP contribution in [0.4, 0.5) is 5.69 Å². The maximum absolute atomic E-state index is 13.1. The number of ketones is 2. The third-order valence-corrected chi connectivity index (χ3v) is 5.95. The van der Waals surface area contributed by atoms with Crippen molar-refractivity contribution in [1.82, 2.24) is 9.88 Å². The Hall–Kier alpha value is -2.93. The molecule has 0 radical (unpaired) electrons. The van der Waals surface area contributed by atoms with Gasteiger partial charge in [0.15, 0.2) is 11.6 Å². The molecule has 0 aliphatic carbocycles. The number of H-pyrrole nitrogens is 1. The van der Waals surface area contributed by atoms with E-state index in [0.717, 1.165) is 31.9 Å². The van der Waals surface area contributed by atoms with Crippen LogP contribution in [0.2, 0.25) is 0 Å². The van der Waals surface area contributed by atoms with Crippen LogP contribution in [0.1, 0.15) is 56.3 Å². The van der Waals surface area contributed by atoms with E-state index in [0.29, 0.717) is 28.1 Å². The molecular formula is C23H29N3O4. The van der Waals surface area contributed by atoms with Crippen LogP contribution in [-0.2, 0) is 4.74 Å². The molecule has 7 heteroatoms. The van der Waals surface area contributed by atoms with Crippen molar-refractivity contribution in [2.24, 2.45) is 0 Å². The summed E-state index contributed by atoms with van der Waals surface area (Å²) in [5.74, 6) is -0.397. The van der Waals surface area contributed by atoms with E-state index in [-0.39, 0.29) is 17.6 Å². The molecule has 2 heterocycles. The van der Waals surface area contributed by atoms with Crippen molar-refractivity contribution in [2.75, 3.05) is 38.2 Å². The predicted octanol–water partition coefficient (Wildman–Crippen LogP) is 3.01. The van der Waals surface area contributed by atoms with E-state index in [4.69, 9.17) is 4.74 Å². The topological polar surface area (TPSA) is 82.7 Å². The summed E-state index contributed by atoms with van der Waals surface area (Å²) in [6.45, 7) is 10.1. The maximum Gasteiger partial charge on any atom is 0.339 e. The molecule has 30 heavy (non-hydrogen) atoms. The first kappa shape index (κ1) is 21.8. The van der Waals surface area contributed by atoms with Gasteiger partial charge in [0.25, 0.3) is 0 Å². The summed E-state index contributed by atoms with van der Waals surface area (Å²) in [5.41, 5.74) is 3.99. The quantitative estimate of drug-likeness (QED) is 0.581. The number of carbonyl (C=O) groups is 3. The minimum Gasteiger partial charge on any atom is -0.465 e. The van der Waals surface area contributed by atoms with Crippen LogP contribution in [0.3, 0.4) is 0 Å². The molecule has 1 N–H and O–H groups in total. The lowest BCUT2D eigenvalue weighted by Gasteiger charge is -2.38. The van der Waals surface area contributed by atoms with Crippen LogP contribution >= 0.6 is 0 Å². The third-order valence-electron chi connectivity index (χ3n) is 5.95. The van der Waals surface area contributed by atoms with Crippen LogP contribution < -0.4 is 4.90 Å². The predicted molar refractivity (Wildman–Crippen MR) is 116 cm³/mol. The highest BCUT2D eigenvalue weighted by Gasteiger charge is 2.30. The minimum absolute atomic E-state index is 0.0231. The van der Waals surface area contributed by atoms with Gasteiger partial charge in [0.1, 0.15) is 0 Å². The van der Waals surface area contributed by atoms with E-state index in [1.807, 2.05) is 31.2 Å². The van der Waals surface area contributed by atoms with Gasteiger partial charge in [-0.15, -0.1) is 0 Å². The molecule has 1 aromatic heterocycles. The number of nitrogens with one attached hydrogen (secondary N) is 1. The number of Topliss-reactive ketones (excluding diaryl/α,β-unsaturated/α-hetero) is 2. The van der Waals surface area contributed by atoms with Gasteiger partial charge in [-0.25, -0.2) is 4.79 Å². The van der Waals surface area contributed by atoms with E-state index < -0.39 is 5.97 Å². The number of piperazine rings is 1. The van der Waals surface area contributed by atoms with Crippen molar-refractivity contribution in [1.29, 1.82) is 0 Å². The van der Waals surface area contributed by atoms with Crippen molar-refractivity contribution >= 4 is 23.2 Å². The highest BCUT2D eigenvalue weighted by Crippen LogP contribution is 2.23. The summed E-state index contributed by atoms with van der Waals surface area (Å²) in [5, 5.41) is 0. The Morgan fingerprint density at radius 2 is 1.63 bits per heavy atom. The van der Waals surface area contributed by atoms with Gasteiger partial charge < -0.3 is 14.6 Å². The molecule has 0 bridgehead atoms. The number of nitrogens with zero attached hydrogens (tertiary/aromatic N) is 2. The molecular weight excluding hydrogens is 382 g/mol. The zero-order valence-corrected chi connectivity index (χ0v) is 18.2. The van der Waals surface area contributed by atoms with Gasteiger partial charge in [-0.2, -0.15) is 0 Å². The number of carbonyl (C=O) groups excluding carboxylic acids is 3. The molecule has 1 aliphatic rings. The molecule has 2 aromatic rings. The number of hydrogen-bond acceptors (Lipinski definition) is 6. The molecule has 1 atom stereocenters. The molecule has 3 rings (SSSR count). The Morgan fingerprint density at radius 3 is 2.17 bits per heavy atom. The summed E-state index contributed by atoms with van der Waals surface area (Å²) in [6.07, 6.45) is 0. The summed E-state index contributed by atoms with van der Waals surface area (Å²) < 4.78 is 4.84. The maximum atomic E-state index is 13.1. The Balaban J connectivity index is 1.66. The van der Waals surface area contributed by atoms with Crippen LogP contribution in [-0.4, -0.2) is 66.8 Å². The van der Waals surface area contributed by atoms with E-state index in [1.165, 1.54) is 7.11 Å². The first-order valence-electron chi connectivity index (χ1n) is 10.2. The van der Waals surface area contributed by atoms with Crippen molar-refractivity contribution < 1.29 is 19.1 Å². The summed E-state index contributed by atoms with van der Waals surface area (Å²) in [6, 6.07) is 7.35. The Morgan fingerprint density at radius 1 is 1.03 bits per heavy atom. The molecule has 1 fully saturated rings. The van der Waals surface area contributed by atoms with E-state index in [1.54, 1.807) is 20.8 Å². The zero-order chi connectivity index (χ0) is 22.0. The fourth-order valence-electron chi connectivity index (χ4n) is 4.05. The number of aryl methyl sites for hydroxylation is 1. The summed E-state index contributed by atoms with van der Waals surface area (Å²) in [7, 11) is 1.34. The van der Waals surface area contributed by atoms with Crippen LogP contribution in [0.5, 0.6) is 0 Å². The molecule has 1 aromatic carbocycles. The number of aromatic nitrogens is 1. The number of benzene rings is 1. The molecule has 1 saturated heterocycles. The van der Waals surface area contributed by atoms with Gasteiger partial charge in [0.05, 0.1) is 24.4 Å². The Labute approximate surface area is 177 Å². The SMILES string of the molecule is COC(=O)c1c(C)[nH]c(C(=O)[C@H](C)N2CCN(c3ccc(C(C)=O)cc3)CC2)c1C. The Bertz CT molecular complexity index is 954. The van der Waals surface area contributed by atoms with E-state index >= 15 is 0 Å². The Kier molecular flexibility index (Phi) is 6.41. The smallest absolute Gasteiger partial charge is 0.339 e. The summed E-state index contributed by atoms with van der Waals surface area (Å²) in [4.78, 5) is 44.1. The van der Waals surface area contributed by atoms with Gasteiger partial charge in [-0.3, -0.25) is 14.5 Å². The second-order valence-corrected chi connectivity index (χ2v) is 7.78. The molecule has 0 saturated carbocycles. The zero-order valence-electron chi connectivity index (χ0n) is 18.2. The normalized spacial score (nSPS) is 15.7. The highest BCUT2D eigenvalue weighted by atomic mass is 16.5. The number of anilines is 1. The monoisotopic (exact) mass is 411 g/mol. The second-order valence-electron chi connectivity index (χ2n) is 7.78. The standard InChI is InChI=1S/C23H29N3O4/c1-14-20(23(29)30-5)15(2)24-21(14)22(28)16(3)25-10-12-26(13-11-25)19-8-6-18(7-9-19)17(4)27/h6-9,16,24H,10-13H2,1-5H3/t16-/m0/s1. The van der Waals surface area contributed by atoms with Crippen LogP contribution in [0.15, 0.2) is 24.3 Å². The minimum atomic E-state index is -0.433. The first-order valence-corrected chi connectivity index (χ1v) is 10.2. The number of ether oxygens (including phenoxy) is 1. The fraction of sp³-hybridized carbons (Fsp3) is 0.435. The van der Waals surface area contributed by atoms with Crippen molar-refractivity contribution in [2.45, 2.75) is 33.7 Å². The lowest BCUT2D eigenvalue weighted by Crippen LogP contribution is -2.51. The number of hydrogen-bond donors (Lipinski definition) is 1. The average molecular weight is 412 g/mol. The van der Waals surface area contributed by atoms with Gasteiger partial charge in [0.2, 0.25) is 0 Å². The fourth-order valence-corrected chi connectivity index (χ4v) is 4.05. The molecule has 0 amide bonds. The molecule has 7 nitrogen and oxygen atoms in total. The first-order chi connectivity index (χ1) is 14.2. The molecule has 1 aliphatic heterocycles. The number of esters is 1. The van der Waals surface area contributed by atoms with Gasteiger partial charge >= 0.3 is 5.97 Å². The number of rotatable bonds is 6. The lowest BCUT2D eigenvalue weighted by atomic mass is 10.0. The number of methoxy groups -OCH3 is 1. The summed E-state index contributed by atoms with van der Waals surface area (Å²) >= 11 is 0. The van der Waals surface area contributed by atoms with E-state index in [2.05, 4.69) is 14.8 Å². The second kappa shape index (κ2) is 8.83. The highest BCUT2D eigenvalue weighted by molar-refractivity contribution is 6.03. The molecule has 160 valence electrons. The van der Waals surface area contributed by atoms with Crippen molar-refractivity contribution in [3.8, 4) is 0 Å². The van der Waals surface area contributed by atoms with Crippen LogP contribution in [0.25, 0.3) is 0 Å². The lowest BCUT2D eigenvalue weighted by molar-refractivity contribution is 0.0599. The van der Waals surface area contributed by atoms with Crippen molar-refractivity contribution in [3.05, 3.63) is 52.3 Å². The molecule has 0 unspecified atom stereocenters. The van der Waals surface area contributed by atoms with Crippen molar-refractivity contribution in [3.63, 3.8) is 0 Å². The third kappa shape index (κ3) is 4.16.